The van der Waals surface area contributed by atoms with E-state index in [1.807, 2.05) is 36.4 Å². The van der Waals surface area contributed by atoms with Gasteiger partial charge in [-0.3, -0.25) is 14.6 Å². The summed E-state index contributed by atoms with van der Waals surface area (Å²) in [6.45, 7) is 6.21. The molecule has 4 rings (SSSR count). The Balaban J connectivity index is 1.26. The van der Waals surface area contributed by atoms with Gasteiger partial charge in [0.25, 0.3) is 5.91 Å². The maximum atomic E-state index is 12.4. The molecular formula is C25H26ClN3O. The molecule has 1 saturated heterocycles. The molecule has 4 nitrogen and oxygen atoms in total. The molecule has 3 aromatic carbocycles. The van der Waals surface area contributed by atoms with Gasteiger partial charge < -0.3 is 5.32 Å². The van der Waals surface area contributed by atoms with Crippen molar-refractivity contribution >= 4 is 23.2 Å². The van der Waals surface area contributed by atoms with Crippen LogP contribution in [0.5, 0.6) is 0 Å². The molecule has 154 valence electrons. The summed E-state index contributed by atoms with van der Waals surface area (Å²) in [5.74, 6) is -0.127. The van der Waals surface area contributed by atoms with Gasteiger partial charge in [-0.15, -0.1) is 0 Å². The number of nitrogens with zero attached hydrogens (tertiary/aromatic N) is 2. The van der Waals surface area contributed by atoms with Crippen molar-refractivity contribution < 1.29 is 4.79 Å². The first kappa shape index (κ1) is 20.6. The fourth-order valence-corrected chi connectivity index (χ4v) is 3.93. The van der Waals surface area contributed by atoms with Gasteiger partial charge in [0, 0.05) is 55.5 Å². The van der Waals surface area contributed by atoms with Crippen molar-refractivity contribution in [3.05, 3.63) is 101 Å². The Morgan fingerprint density at radius 2 is 1.37 bits per heavy atom. The lowest BCUT2D eigenvalue weighted by Crippen LogP contribution is -2.45. The maximum Gasteiger partial charge on any atom is 0.255 e. The third-order valence-electron chi connectivity index (χ3n) is 5.42. The van der Waals surface area contributed by atoms with E-state index in [4.69, 9.17) is 11.6 Å². The largest absolute Gasteiger partial charge is 0.322 e. The van der Waals surface area contributed by atoms with E-state index in [1.54, 1.807) is 12.1 Å². The minimum absolute atomic E-state index is 0.127. The molecule has 3 aromatic rings. The molecule has 1 aliphatic rings. The molecule has 30 heavy (non-hydrogen) atoms. The van der Waals surface area contributed by atoms with Crippen LogP contribution in [0, 0.1) is 0 Å². The zero-order chi connectivity index (χ0) is 20.8. The van der Waals surface area contributed by atoms with Crippen LogP contribution in [0.1, 0.15) is 21.5 Å². The third kappa shape index (κ3) is 5.70. The monoisotopic (exact) mass is 419 g/mol. The van der Waals surface area contributed by atoms with Crippen molar-refractivity contribution in [1.82, 2.24) is 9.80 Å². The Hall–Kier alpha value is -2.66. The second-order valence-electron chi connectivity index (χ2n) is 7.70. The standard InChI is InChI=1S/C25H26ClN3O/c26-23-7-4-8-24(17-23)27-25(30)22-11-9-21(10-12-22)19-29-15-13-28(14-16-29)18-20-5-2-1-3-6-20/h1-12,17H,13-16,18-19H2,(H,27,30). The first-order valence-corrected chi connectivity index (χ1v) is 10.7. The Kier molecular flexibility index (Phi) is 6.80. The van der Waals surface area contributed by atoms with Crippen LogP contribution in [0.4, 0.5) is 5.69 Å². The molecule has 0 aliphatic carbocycles. The second kappa shape index (κ2) is 9.90. The molecule has 1 fully saturated rings. The van der Waals surface area contributed by atoms with Crippen molar-refractivity contribution in [3.8, 4) is 0 Å². The van der Waals surface area contributed by atoms with Crippen LogP contribution in [0.15, 0.2) is 78.9 Å². The normalized spacial score (nSPS) is 15.1. The van der Waals surface area contributed by atoms with E-state index in [9.17, 15) is 4.79 Å². The molecule has 1 heterocycles. The SMILES string of the molecule is O=C(Nc1cccc(Cl)c1)c1ccc(CN2CCN(Cc3ccccc3)CC2)cc1. The van der Waals surface area contributed by atoms with Crippen LogP contribution in [0.2, 0.25) is 5.02 Å². The number of carbonyl (C=O) groups excluding carboxylic acids is 1. The number of anilines is 1. The first-order valence-electron chi connectivity index (χ1n) is 10.3. The van der Waals surface area contributed by atoms with Crippen LogP contribution in [0.25, 0.3) is 0 Å². The number of nitrogens with one attached hydrogen (secondary N) is 1. The van der Waals surface area contributed by atoms with Crippen LogP contribution < -0.4 is 5.32 Å². The molecule has 5 heteroatoms. The number of amides is 1. The average molecular weight is 420 g/mol. The van der Waals surface area contributed by atoms with Crippen LogP contribution >= 0.6 is 11.6 Å². The minimum atomic E-state index is -0.127. The number of carbonyl (C=O) groups is 1. The summed E-state index contributed by atoms with van der Waals surface area (Å²) in [7, 11) is 0. The van der Waals surface area contributed by atoms with Gasteiger partial charge in [0.05, 0.1) is 0 Å². The highest BCUT2D eigenvalue weighted by Crippen LogP contribution is 2.17. The van der Waals surface area contributed by atoms with E-state index >= 15 is 0 Å². The molecule has 0 spiro atoms. The highest BCUT2D eigenvalue weighted by atomic mass is 35.5. The molecule has 0 atom stereocenters. The number of hydrogen-bond donors (Lipinski definition) is 1. The van der Waals surface area contributed by atoms with Crippen molar-refractivity contribution in [1.29, 1.82) is 0 Å². The topological polar surface area (TPSA) is 35.6 Å². The third-order valence-corrected chi connectivity index (χ3v) is 5.65. The molecule has 1 amide bonds. The lowest BCUT2D eigenvalue weighted by atomic mass is 10.1. The molecule has 0 aromatic heterocycles. The number of rotatable bonds is 6. The Morgan fingerprint density at radius 1 is 0.767 bits per heavy atom. The molecule has 1 aliphatic heterocycles. The summed E-state index contributed by atoms with van der Waals surface area (Å²) >= 11 is 5.98. The fourth-order valence-electron chi connectivity index (χ4n) is 3.74. The lowest BCUT2D eigenvalue weighted by molar-refractivity contribution is 0.102. The van der Waals surface area contributed by atoms with Crippen molar-refractivity contribution in [2.24, 2.45) is 0 Å². The molecule has 0 saturated carbocycles. The second-order valence-corrected chi connectivity index (χ2v) is 8.14. The van der Waals surface area contributed by atoms with Crippen molar-refractivity contribution in [2.75, 3.05) is 31.5 Å². The van der Waals surface area contributed by atoms with E-state index in [0.29, 0.717) is 16.3 Å². The Bertz CT molecular complexity index is 967. The number of hydrogen-bond acceptors (Lipinski definition) is 3. The molecule has 0 bridgehead atoms. The van der Waals surface area contributed by atoms with Gasteiger partial charge >= 0.3 is 0 Å². The number of benzene rings is 3. The highest BCUT2D eigenvalue weighted by molar-refractivity contribution is 6.30. The zero-order valence-electron chi connectivity index (χ0n) is 16.9. The van der Waals surface area contributed by atoms with Crippen molar-refractivity contribution in [3.63, 3.8) is 0 Å². The smallest absolute Gasteiger partial charge is 0.255 e. The van der Waals surface area contributed by atoms with E-state index in [1.165, 1.54) is 11.1 Å². The van der Waals surface area contributed by atoms with Crippen LogP contribution in [0.3, 0.4) is 0 Å². The molecule has 1 N–H and O–H groups in total. The highest BCUT2D eigenvalue weighted by Gasteiger charge is 2.17. The van der Waals surface area contributed by atoms with E-state index in [0.717, 1.165) is 39.3 Å². The van der Waals surface area contributed by atoms with Gasteiger partial charge in [-0.25, -0.2) is 0 Å². The quantitative estimate of drug-likeness (QED) is 0.616. The predicted molar refractivity (Wildman–Crippen MR) is 123 cm³/mol. The van der Waals surface area contributed by atoms with Gasteiger partial charge in [-0.05, 0) is 41.5 Å². The summed E-state index contributed by atoms with van der Waals surface area (Å²) in [6.07, 6.45) is 0. The molecular weight excluding hydrogens is 394 g/mol. The van der Waals surface area contributed by atoms with Crippen LogP contribution in [-0.4, -0.2) is 41.9 Å². The van der Waals surface area contributed by atoms with Gasteiger partial charge in [0.15, 0.2) is 0 Å². The van der Waals surface area contributed by atoms with Gasteiger partial charge in [0.1, 0.15) is 0 Å². The molecule has 0 unspecified atom stereocenters. The van der Waals surface area contributed by atoms with Crippen molar-refractivity contribution in [2.45, 2.75) is 13.1 Å². The Labute approximate surface area is 183 Å². The van der Waals surface area contributed by atoms with Crippen LogP contribution in [-0.2, 0) is 13.1 Å². The molecule has 0 radical (unpaired) electrons. The van der Waals surface area contributed by atoms with E-state index < -0.39 is 0 Å². The summed E-state index contributed by atoms with van der Waals surface area (Å²) < 4.78 is 0. The first-order chi connectivity index (χ1) is 14.7. The lowest BCUT2D eigenvalue weighted by Gasteiger charge is -2.34. The predicted octanol–water partition coefficient (Wildman–Crippen LogP) is 4.91. The zero-order valence-corrected chi connectivity index (χ0v) is 17.7. The minimum Gasteiger partial charge on any atom is -0.322 e. The van der Waals surface area contributed by atoms with E-state index in [2.05, 4.69) is 45.4 Å². The summed E-state index contributed by atoms with van der Waals surface area (Å²) in [6, 6.07) is 25.7. The van der Waals surface area contributed by atoms with Gasteiger partial charge in [0.2, 0.25) is 0 Å². The fraction of sp³-hybridized carbons (Fsp3) is 0.240. The Morgan fingerprint density at radius 3 is 1.97 bits per heavy atom. The number of halogens is 1. The van der Waals surface area contributed by atoms with E-state index in [-0.39, 0.29) is 5.91 Å². The maximum absolute atomic E-state index is 12.4. The summed E-state index contributed by atoms with van der Waals surface area (Å²) in [5, 5.41) is 3.49. The summed E-state index contributed by atoms with van der Waals surface area (Å²) in [4.78, 5) is 17.4. The average Bonchev–Trinajstić information content (AvgIpc) is 2.76. The van der Waals surface area contributed by atoms with Gasteiger partial charge in [-0.1, -0.05) is 60.1 Å². The van der Waals surface area contributed by atoms with Gasteiger partial charge in [-0.2, -0.15) is 0 Å². The summed E-state index contributed by atoms with van der Waals surface area (Å²) in [5.41, 5.74) is 3.94. The number of piperazine rings is 1.